The molecule has 1 aliphatic rings. The van der Waals surface area contributed by atoms with Crippen molar-refractivity contribution in [3.05, 3.63) is 42.5 Å². The van der Waals surface area contributed by atoms with Gasteiger partial charge in [0.1, 0.15) is 42.0 Å². The minimum Gasteiger partial charge on any atom is -0.507 e. The number of phenols is 1. The lowest BCUT2D eigenvalue weighted by molar-refractivity contribution is -0.0696. The molecule has 0 aliphatic carbocycles. The van der Waals surface area contributed by atoms with Crippen LogP contribution in [0.3, 0.4) is 0 Å². The van der Waals surface area contributed by atoms with E-state index in [0.717, 1.165) is 0 Å². The number of hydrogen-bond donors (Lipinski definition) is 5. The number of nitrogens with two attached hydrogens (primary N) is 1. The maximum Gasteiger partial charge on any atom is 0.362 e. The number of aromatic nitrogens is 4. The third-order valence-corrected chi connectivity index (χ3v) is 6.04. The zero-order valence-electron chi connectivity index (χ0n) is 17.0. The number of nitrogen functional groups attached to an aromatic ring is 1. The van der Waals surface area contributed by atoms with E-state index in [1.54, 1.807) is 4.72 Å². The molecule has 4 rings (SSSR count). The van der Waals surface area contributed by atoms with E-state index in [0.29, 0.717) is 0 Å². The number of anilines is 1. The lowest BCUT2D eigenvalue weighted by atomic mass is 10.1. The van der Waals surface area contributed by atoms with E-state index in [9.17, 15) is 28.5 Å². The molecule has 1 amide bonds. The summed E-state index contributed by atoms with van der Waals surface area (Å²) >= 11 is 0. The first kappa shape index (κ1) is 22.8. The fourth-order valence-corrected chi connectivity index (χ4v) is 4.37. The first-order valence-electron chi connectivity index (χ1n) is 9.57. The number of fused-ring (bicyclic) bond motifs is 1. The Morgan fingerprint density at radius 3 is 2.70 bits per heavy atom. The maximum atomic E-state index is 12.3. The smallest absolute Gasteiger partial charge is 0.362 e. The summed E-state index contributed by atoms with van der Waals surface area (Å²) in [5.74, 6) is -1.43. The predicted molar refractivity (Wildman–Crippen MR) is 111 cm³/mol. The number of aliphatic hydroxyl groups excluding tert-OH is 2. The number of imidazole rings is 1. The monoisotopic (exact) mass is 480 g/mol. The number of ether oxygens (including phenoxy) is 1. The number of benzene rings is 1. The van der Waals surface area contributed by atoms with Gasteiger partial charge >= 0.3 is 10.3 Å². The summed E-state index contributed by atoms with van der Waals surface area (Å²) in [4.78, 5) is 24.1. The molecule has 0 radical (unpaired) electrons. The minimum atomic E-state index is -4.67. The third-order valence-electron chi connectivity index (χ3n) is 5.04. The van der Waals surface area contributed by atoms with Crippen molar-refractivity contribution < 1.29 is 37.5 Å². The quantitative estimate of drug-likeness (QED) is 0.282. The van der Waals surface area contributed by atoms with Gasteiger partial charge in [-0.25, -0.2) is 23.9 Å². The van der Waals surface area contributed by atoms with Crippen molar-refractivity contribution in [2.45, 2.75) is 37.6 Å². The molecular formula is C18H20N6O8S. The van der Waals surface area contributed by atoms with Crippen molar-refractivity contribution >= 4 is 33.2 Å². The average molecular weight is 480 g/mol. The summed E-state index contributed by atoms with van der Waals surface area (Å²) in [6, 6.07) is 5.34. The van der Waals surface area contributed by atoms with Gasteiger partial charge in [-0.05, 0) is 19.1 Å². The predicted octanol–water partition coefficient (Wildman–Crippen LogP) is -1.19. The molecule has 1 saturated heterocycles. The van der Waals surface area contributed by atoms with Crippen LogP contribution in [0.2, 0.25) is 0 Å². The molecule has 3 heterocycles. The molecule has 1 aliphatic heterocycles. The summed E-state index contributed by atoms with van der Waals surface area (Å²) in [6.07, 6.45) is -4.39. The molecule has 0 bridgehead atoms. The number of amides is 1. The molecule has 176 valence electrons. The highest BCUT2D eigenvalue weighted by Gasteiger charge is 2.48. The summed E-state index contributed by atoms with van der Waals surface area (Å²) in [7, 11) is -4.67. The van der Waals surface area contributed by atoms with Gasteiger partial charge in [-0.3, -0.25) is 9.36 Å². The first-order chi connectivity index (χ1) is 15.6. The van der Waals surface area contributed by atoms with Gasteiger partial charge in [0.05, 0.1) is 11.9 Å². The zero-order chi connectivity index (χ0) is 23.9. The number of hydrogen-bond acceptors (Lipinski definition) is 12. The number of aromatic hydroxyl groups is 1. The van der Waals surface area contributed by atoms with Gasteiger partial charge in [0.2, 0.25) is 0 Å². The number of phenolic OH excluding ortho intramolecular Hbond substituents is 1. The minimum absolute atomic E-state index is 0.103. The number of carbonyl (C=O) groups excluding carboxylic acids is 1. The Balaban J connectivity index is 1.49. The maximum absolute atomic E-state index is 12.3. The SMILES string of the molecule is C[C@@H](OS(=O)(=O)NC(=O)c1ccccc1O)[C@H]1O[C@@H](n2cnc3c(N)ncnc32)[C@H](O)[C@@H]1O. The molecule has 0 saturated carbocycles. The van der Waals surface area contributed by atoms with Crippen molar-refractivity contribution in [2.24, 2.45) is 0 Å². The standard InChI is InChI=1S/C18H20N6O8S/c1-8(32-33(29,30)23-17(28)9-4-2-3-5-10(9)25)14-12(26)13(27)18(31-14)24-7-22-11-15(19)20-6-21-16(11)24/h2-8,12-14,18,25-27H,1H3,(H,23,28)(H2,19,20,21)/t8-,12+,13-,14-,18-/m1/s1. The molecule has 3 aromatic rings. The second kappa shape index (κ2) is 8.53. The van der Waals surface area contributed by atoms with Crippen molar-refractivity contribution in [3.63, 3.8) is 0 Å². The van der Waals surface area contributed by atoms with Gasteiger partial charge in [0.15, 0.2) is 17.7 Å². The van der Waals surface area contributed by atoms with Gasteiger partial charge in [-0.15, -0.1) is 0 Å². The van der Waals surface area contributed by atoms with Gasteiger partial charge < -0.3 is 25.8 Å². The summed E-state index contributed by atoms with van der Waals surface area (Å²) in [6.45, 7) is 1.28. The lowest BCUT2D eigenvalue weighted by Gasteiger charge is -2.22. The Morgan fingerprint density at radius 2 is 1.97 bits per heavy atom. The highest BCUT2D eigenvalue weighted by Crippen LogP contribution is 2.34. The Kier molecular flexibility index (Phi) is 5.89. The first-order valence-corrected chi connectivity index (χ1v) is 11.0. The number of nitrogens with zero attached hydrogens (tertiary/aromatic N) is 4. The van der Waals surface area contributed by atoms with Crippen LogP contribution < -0.4 is 10.5 Å². The van der Waals surface area contributed by atoms with Crippen LogP contribution in [-0.2, 0) is 19.2 Å². The molecule has 33 heavy (non-hydrogen) atoms. The normalized spacial score (nSPS) is 24.1. The summed E-state index contributed by atoms with van der Waals surface area (Å²) in [5, 5.41) is 30.7. The molecule has 1 aromatic carbocycles. The number of rotatable bonds is 6. The molecule has 6 N–H and O–H groups in total. The van der Waals surface area contributed by atoms with E-state index in [1.807, 2.05) is 0 Å². The summed E-state index contributed by atoms with van der Waals surface area (Å²) < 4.78 is 38.2. The number of nitrogens with one attached hydrogen (secondary N) is 1. The van der Waals surface area contributed by atoms with E-state index < -0.39 is 52.6 Å². The lowest BCUT2D eigenvalue weighted by Crippen LogP contribution is -2.42. The van der Waals surface area contributed by atoms with E-state index in [-0.39, 0.29) is 22.5 Å². The fourth-order valence-electron chi connectivity index (χ4n) is 3.47. The molecule has 14 nitrogen and oxygen atoms in total. The second-order valence-electron chi connectivity index (χ2n) is 7.26. The molecule has 15 heteroatoms. The van der Waals surface area contributed by atoms with Gasteiger partial charge in [-0.2, -0.15) is 8.42 Å². The number of para-hydroxylation sites is 1. The van der Waals surface area contributed by atoms with Gasteiger partial charge in [0.25, 0.3) is 5.91 Å². The van der Waals surface area contributed by atoms with Crippen molar-refractivity contribution in [1.82, 2.24) is 24.2 Å². The van der Waals surface area contributed by atoms with E-state index in [2.05, 4.69) is 15.0 Å². The molecule has 0 unspecified atom stereocenters. The highest BCUT2D eigenvalue weighted by molar-refractivity contribution is 7.85. The molecule has 5 atom stereocenters. The van der Waals surface area contributed by atoms with E-state index in [1.165, 1.54) is 48.4 Å². The Morgan fingerprint density at radius 1 is 1.24 bits per heavy atom. The Labute approximate surface area is 186 Å². The van der Waals surface area contributed by atoms with Crippen LogP contribution in [-0.4, -0.2) is 73.6 Å². The number of carbonyl (C=O) groups is 1. The second-order valence-corrected chi connectivity index (χ2v) is 8.56. The van der Waals surface area contributed by atoms with Crippen LogP contribution in [0.4, 0.5) is 5.82 Å². The van der Waals surface area contributed by atoms with Crippen LogP contribution in [0.1, 0.15) is 23.5 Å². The van der Waals surface area contributed by atoms with Crippen LogP contribution in [0, 0.1) is 0 Å². The topological polar surface area (TPSA) is 212 Å². The van der Waals surface area contributed by atoms with Crippen LogP contribution in [0.15, 0.2) is 36.9 Å². The number of aliphatic hydroxyl groups is 2. The van der Waals surface area contributed by atoms with Crippen molar-refractivity contribution in [1.29, 1.82) is 0 Å². The molecule has 1 fully saturated rings. The van der Waals surface area contributed by atoms with E-state index >= 15 is 0 Å². The van der Waals surface area contributed by atoms with Crippen molar-refractivity contribution in [3.8, 4) is 5.75 Å². The van der Waals surface area contributed by atoms with Crippen LogP contribution >= 0.6 is 0 Å². The third kappa shape index (κ3) is 4.31. The average Bonchev–Trinajstić information content (AvgIpc) is 3.30. The van der Waals surface area contributed by atoms with E-state index in [4.69, 9.17) is 14.7 Å². The van der Waals surface area contributed by atoms with Gasteiger partial charge in [0, 0.05) is 0 Å². The van der Waals surface area contributed by atoms with Crippen molar-refractivity contribution in [2.75, 3.05) is 5.73 Å². The Hall–Kier alpha value is -3.37. The van der Waals surface area contributed by atoms with Crippen LogP contribution in [0.5, 0.6) is 5.75 Å². The molecule has 0 spiro atoms. The largest absolute Gasteiger partial charge is 0.507 e. The fraction of sp³-hybridized carbons (Fsp3) is 0.333. The van der Waals surface area contributed by atoms with Crippen LogP contribution in [0.25, 0.3) is 11.2 Å². The Bertz CT molecular complexity index is 1300. The summed E-state index contributed by atoms with van der Waals surface area (Å²) in [5.41, 5.74) is 5.96. The molecule has 2 aromatic heterocycles. The zero-order valence-corrected chi connectivity index (χ0v) is 17.8. The van der Waals surface area contributed by atoms with Gasteiger partial charge in [-0.1, -0.05) is 12.1 Å². The highest BCUT2D eigenvalue weighted by atomic mass is 32.2. The molecular weight excluding hydrogens is 460 g/mol.